The van der Waals surface area contributed by atoms with Gasteiger partial charge in [-0.2, -0.15) is 4.98 Å². The Morgan fingerprint density at radius 1 is 1.37 bits per heavy atom. The highest BCUT2D eigenvalue weighted by Crippen LogP contribution is 2.42. The summed E-state index contributed by atoms with van der Waals surface area (Å²) in [5.74, 6) is 2.49. The molecule has 1 aromatic heterocycles. The Morgan fingerprint density at radius 2 is 2.21 bits per heavy atom. The van der Waals surface area contributed by atoms with E-state index >= 15 is 0 Å². The Bertz CT molecular complexity index is 417. The Labute approximate surface area is 114 Å². The first-order valence-corrected chi connectivity index (χ1v) is 7.43. The lowest BCUT2D eigenvalue weighted by Crippen LogP contribution is -2.31. The van der Waals surface area contributed by atoms with Gasteiger partial charge in [-0.15, -0.1) is 0 Å². The van der Waals surface area contributed by atoms with Crippen molar-refractivity contribution in [1.29, 1.82) is 0 Å². The van der Waals surface area contributed by atoms with Crippen LogP contribution in [0.4, 0.5) is 0 Å². The largest absolute Gasteiger partial charge is 0.373 e. The third-order valence-corrected chi connectivity index (χ3v) is 4.32. The first-order chi connectivity index (χ1) is 9.33. The van der Waals surface area contributed by atoms with Crippen molar-refractivity contribution in [3.05, 3.63) is 11.7 Å². The van der Waals surface area contributed by atoms with E-state index < -0.39 is 0 Å². The van der Waals surface area contributed by atoms with Crippen molar-refractivity contribution < 1.29 is 9.26 Å². The van der Waals surface area contributed by atoms with Gasteiger partial charge in [0, 0.05) is 13.2 Å². The monoisotopic (exact) mass is 265 g/mol. The molecule has 0 radical (unpaired) electrons. The molecule has 3 rings (SSSR count). The van der Waals surface area contributed by atoms with E-state index in [9.17, 15) is 0 Å². The molecule has 1 heterocycles. The van der Waals surface area contributed by atoms with Crippen molar-refractivity contribution in [2.45, 2.75) is 57.1 Å². The summed E-state index contributed by atoms with van der Waals surface area (Å²) in [6, 6.07) is 0.486. The van der Waals surface area contributed by atoms with Crippen LogP contribution in [0.3, 0.4) is 0 Å². The molecule has 0 amide bonds. The molecular weight excluding hydrogens is 242 g/mol. The smallest absolute Gasteiger partial charge is 0.231 e. The predicted molar refractivity (Wildman–Crippen MR) is 70.8 cm³/mol. The van der Waals surface area contributed by atoms with Crippen LogP contribution in [0.25, 0.3) is 0 Å². The van der Waals surface area contributed by atoms with Gasteiger partial charge < -0.3 is 14.6 Å². The van der Waals surface area contributed by atoms with Crippen molar-refractivity contribution in [2.75, 3.05) is 13.7 Å². The molecule has 0 spiro atoms. The van der Waals surface area contributed by atoms with Gasteiger partial charge in [0.2, 0.25) is 11.7 Å². The Kier molecular flexibility index (Phi) is 3.84. The molecule has 0 aromatic carbocycles. The van der Waals surface area contributed by atoms with E-state index in [-0.39, 0.29) is 6.10 Å². The van der Waals surface area contributed by atoms with E-state index in [1.165, 1.54) is 25.7 Å². The topological polar surface area (TPSA) is 60.2 Å². The van der Waals surface area contributed by atoms with Gasteiger partial charge in [0.1, 0.15) is 6.10 Å². The van der Waals surface area contributed by atoms with Gasteiger partial charge in [0.15, 0.2) is 0 Å². The molecule has 1 N–H and O–H groups in total. The van der Waals surface area contributed by atoms with E-state index in [1.54, 1.807) is 7.11 Å². The number of hydrogen-bond acceptors (Lipinski definition) is 5. The second-order valence-corrected chi connectivity index (χ2v) is 5.69. The summed E-state index contributed by atoms with van der Waals surface area (Å²) >= 11 is 0. The highest BCUT2D eigenvalue weighted by atomic mass is 16.5. The minimum Gasteiger partial charge on any atom is -0.373 e. The fraction of sp³-hybridized carbons (Fsp3) is 0.857. The number of ether oxygens (including phenoxy) is 1. The van der Waals surface area contributed by atoms with Crippen LogP contribution in [0, 0.1) is 5.92 Å². The Balaban J connectivity index is 1.73. The van der Waals surface area contributed by atoms with Crippen LogP contribution in [0.5, 0.6) is 0 Å². The molecule has 106 valence electrons. The lowest BCUT2D eigenvalue weighted by Gasteiger charge is -2.16. The van der Waals surface area contributed by atoms with E-state index in [1.807, 2.05) is 0 Å². The van der Waals surface area contributed by atoms with Crippen LogP contribution in [0.1, 0.15) is 62.8 Å². The average molecular weight is 265 g/mol. The van der Waals surface area contributed by atoms with Crippen molar-refractivity contribution >= 4 is 0 Å². The summed E-state index contributed by atoms with van der Waals surface area (Å²) in [7, 11) is 1.73. The normalized spacial score (nSPS) is 28.7. The highest BCUT2D eigenvalue weighted by Gasteiger charge is 2.37. The SMILES string of the molecule is CCNC1CCCC1c1nc(C(OC)C2CC2)no1. The molecular formula is C14H23N3O2. The quantitative estimate of drug-likeness (QED) is 0.856. The van der Waals surface area contributed by atoms with Gasteiger partial charge in [0.25, 0.3) is 0 Å². The Morgan fingerprint density at radius 3 is 2.89 bits per heavy atom. The number of hydrogen-bond donors (Lipinski definition) is 1. The standard InChI is InChI=1S/C14H23N3O2/c1-3-15-11-6-4-5-10(11)14-16-13(17-19-14)12(18-2)9-7-8-9/h9-12,15H,3-8H2,1-2H3. The molecule has 5 heteroatoms. The predicted octanol–water partition coefficient (Wildman–Crippen LogP) is 2.41. The first kappa shape index (κ1) is 13.1. The molecule has 19 heavy (non-hydrogen) atoms. The maximum Gasteiger partial charge on any atom is 0.231 e. The van der Waals surface area contributed by atoms with Gasteiger partial charge in [-0.05, 0) is 38.1 Å². The first-order valence-electron chi connectivity index (χ1n) is 7.43. The van der Waals surface area contributed by atoms with Gasteiger partial charge in [0.05, 0.1) is 5.92 Å². The summed E-state index contributed by atoms with van der Waals surface area (Å²) in [6.45, 7) is 3.13. The fourth-order valence-corrected chi connectivity index (χ4v) is 3.18. The minimum atomic E-state index is 0.0245. The molecule has 5 nitrogen and oxygen atoms in total. The number of nitrogens with one attached hydrogen (secondary N) is 1. The van der Waals surface area contributed by atoms with Crippen molar-refractivity contribution in [3.8, 4) is 0 Å². The lowest BCUT2D eigenvalue weighted by atomic mass is 10.0. The van der Waals surface area contributed by atoms with Crippen LogP contribution in [-0.4, -0.2) is 29.8 Å². The number of likely N-dealkylation sites (N-methyl/N-ethyl adjacent to an activating group) is 1. The number of nitrogens with zero attached hydrogens (tertiary/aromatic N) is 2. The molecule has 2 aliphatic rings. The van der Waals surface area contributed by atoms with E-state index in [0.29, 0.717) is 17.9 Å². The third kappa shape index (κ3) is 2.67. The van der Waals surface area contributed by atoms with E-state index in [4.69, 9.17) is 9.26 Å². The maximum atomic E-state index is 5.51. The van der Waals surface area contributed by atoms with Gasteiger partial charge in [-0.25, -0.2) is 0 Å². The van der Waals surface area contributed by atoms with Crippen LogP contribution >= 0.6 is 0 Å². The zero-order valence-electron chi connectivity index (χ0n) is 11.8. The van der Waals surface area contributed by atoms with Crippen molar-refractivity contribution in [1.82, 2.24) is 15.5 Å². The molecule has 3 atom stereocenters. The Hall–Kier alpha value is -0.940. The summed E-state index contributed by atoms with van der Waals surface area (Å²) < 4.78 is 11.0. The van der Waals surface area contributed by atoms with Crippen molar-refractivity contribution in [2.24, 2.45) is 5.92 Å². The molecule has 0 saturated heterocycles. The zero-order chi connectivity index (χ0) is 13.2. The maximum absolute atomic E-state index is 5.51. The zero-order valence-corrected chi connectivity index (χ0v) is 11.8. The molecule has 0 aliphatic heterocycles. The van der Waals surface area contributed by atoms with Gasteiger partial charge >= 0.3 is 0 Å². The third-order valence-electron chi connectivity index (χ3n) is 4.32. The van der Waals surface area contributed by atoms with Gasteiger partial charge in [-0.1, -0.05) is 18.5 Å². The summed E-state index contributed by atoms with van der Waals surface area (Å²) in [6.07, 6.45) is 6.03. The minimum absolute atomic E-state index is 0.0245. The van der Waals surface area contributed by atoms with E-state index in [2.05, 4.69) is 22.4 Å². The fourth-order valence-electron chi connectivity index (χ4n) is 3.18. The molecule has 2 aliphatic carbocycles. The molecule has 2 saturated carbocycles. The number of methoxy groups -OCH3 is 1. The molecule has 1 aromatic rings. The molecule has 2 fully saturated rings. The molecule has 3 unspecified atom stereocenters. The van der Waals surface area contributed by atoms with Gasteiger partial charge in [-0.3, -0.25) is 0 Å². The second kappa shape index (κ2) is 5.59. The van der Waals surface area contributed by atoms with Crippen LogP contribution in [-0.2, 0) is 4.74 Å². The summed E-state index contributed by atoms with van der Waals surface area (Å²) in [5, 5.41) is 7.67. The average Bonchev–Trinajstić information content (AvgIpc) is 2.95. The number of rotatable bonds is 6. The highest BCUT2D eigenvalue weighted by molar-refractivity contribution is 5.05. The summed E-state index contributed by atoms with van der Waals surface area (Å²) in [5.41, 5.74) is 0. The number of aromatic nitrogens is 2. The molecule has 0 bridgehead atoms. The van der Waals surface area contributed by atoms with E-state index in [0.717, 1.165) is 24.7 Å². The second-order valence-electron chi connectivity index (χ2n) is 5.69. The van der Waals surface area contributed by atoms with Crippen LogP contribution in [0.2, 0.25) is 0 Å². The van der Waals surface area contributed by atoms with Crippen molar-refractivity contribution in [3.63, 3.8) is 0 Å². The summed E-state index contributed by atoms with van der Waals surface area (Å²) in [4.78, 5) is 4.61. The lowest BCUT2D eigenvalue weighted by molar-refractivity contribution is 0.0751. The van der Waals surface area contributed by atoms with Crippen LogP contribution in [0.15, 0.2) is 4.52 Å². The van der Waals surface area contributed by atoms with Crippen LogP contribution < -0.4 is 5.32 Å².